The summed E-state index contributed by atoms with van der Waals surface area (Å²) in [5.41, 5.74) is -0.329. The number of likely N-dealkylation sites (tertiary alicyclic amines) is 1. The first-order valence-electron chi connectivity index (χ1n) is 12.8. The average molecular weight is 567 g/mol. The van der Waals surface area contributed by atoms with Crippen molar-refractivity contribution in [3.63, 3.8) is 0 Å². The van der Waals surface area contributed by atoms with Crippen molar-refractivity contribution in [2.24, 2.45) is 0 Å². The topological polar surface area (TPSA) is 91.0 Å². The number of alkyl carbamates (subject to hydrolysis) is 1. The number of anilines is 1. The number of amides is 3. The van der Waals surface area contributed by atoms with Gasteiger partial charge in [-0.05, 0) is 75.6 Å². The molecule has 3 rings (SSSR count). The van der Waals surface area contributed by atoms with Gasteiger partial charge in [-0.25, -0.2) is 9.18 Å². The number of nitrogens with one attached hydrogen (secondary N) is 2. The number of nitrogens with zero attached hydrogens (tertiary/aromatic N) is 2. The molecule has 0 spiro atoms. The van der Waals surface area contributed by atoms with Crippen LogP contribution in [0.3, 0.4) is 0 Å². The zero-order valence-corrected chi connectivity index (χ0v) is 22.9. The van der Waals surface area contributed by atoms with Gasteiger partial charge in [0.15, 0.2) is 0 Å². The van der Waals surface area contributed by atoms with Crippen LogP contribution in [0.2, 0.25) is 0 Å². The molecule has 2 aromatic rings. The summed E-state index contributed by atoms with van der Waals surface area (Å²) in [6.45, 7) is 7.10. The second kappa shape index (κ2) is 12.6. The van der Waals surface area contributed by atoms with E-state index in [4.69, 9.17) is 4.74 Å². The molecule has 2 aromatic carbocycles. The molecule has 0 radical (unpaired) electrons. The van der Waals surface area contributed by atoms with Crippen molar-refractivity contribution in [2.45, 2.75) is 58.5 Å². The Morgan fingerprint density at radius 3 is 2.45 bits per heavy atom. The zero-order chi connectivity index (χ0) is 29.7. The quantitative estimate of drug-likeness (QED) is 0.463. The Kier molecular flexibility index (Phi) is 9.65. The summed E-state index contributed by atoms with van der Waals surface area (Å²) < 4.78 is 58.0. The molecular weight excluding hydrogens is 532 g/mol. The van der Waals surface area contributed by atoms with Crippen molar-refractivity contribution in [3.8, 4) is 0 Å². The van der Waals surface area contributed by atoms with E-state index in [1.165, 1.54) is 0 Å². The Labute approximate surface area is 230 Å². The molecule has 12 heteroatoms. The summed E-state index contributed by atoms with van der Waals surface area (Å²) in [7, 11) is 0. The molecule has 1 heterocycles. The van der Waals surface area contributed by atoms with Crippen LogP contribution in [0.4, 0.5) is 28.0 Å². The highest BCUT2D eigenvalue weighted by molar-refractivity contribution is 5.86. The van der Waals surface area contributed by atoms with Crippen LogP contribution in [0.1, 0.15) is 43.9 Å². The minimum absolute atomic E-state index is 0.0422. The summed E-state index contributed by atoms with van der Waals surface area (Å²) in [6, 6.07) is 9.00. The number of aryl methyl sites for hydroxylation is 1. The number of ether oxygens (including phenoxy) is 1. The smallest absolute Gasteiger partial charge is 0.416 e. The van der Waals surface area contributed by atoms with Gasteiger partial charge >= 0.3 is 12.3 Å². The molecule has 3 amide bonds. The van der Waals surface area contributed by atoms with Gasteiger partial charge in [0.05, 0.1) is 24.7 Å². The van der Waals surface area contributed by atoms with Crippen LogP contribution < -0.4 is 15.5 Å². The standard InChI is InChI=1S/C28H34F4N4O4/c1-18-6-5-7-23(10-18)36(16-24(37)33-14-19-11-20(28(30,31)32)13-21(29)12-19)17-25(38)35-9-8-22(15-35)34-26(39)40-27(2,3)4/h5-7,10-13,22H,8-9,14-17H2,1-4H3,(H,33,37)(H,34,39). The fourth-order valence-corrected chi connectivity index (χ4v) is 4.25. The molecule has 1 fully saturated rings. The van der Waals surface area contributed by atoms with Gasteiger partial charge in [0.1, 0.15) is 11.4 Å². The monoisotopic (exact) mass is 566 g/mol. The van der Waals surface area contributed by atoms with Gasteiger partial charge in [0.25, 0.3) is 0 Å². The molecule has 0 saturated carbocycles. The number of halogens is 4. The molecule has 1 unspecified atom stereocenters. The molecule has 0 aliphatic carbocycles. The van der Waals surface area contributed by atoms with Crippen molar-refractivity contribution >= 4 is 23.6 Å². The number of alkyl halides is 3. The SMILES string of the molecule is Cc1cccc(N(CC(=O)NCc2cc(F)cc(C(F)(F)F)c2)CC(=O)N2CCC(NC(=O)OC(C)(C)C)C2)c1. The minimum atomic E-state index is -4.72. The maximum atomic E-state index is 13.7. The molecule has 40 heavy (non-hydrogen) atoms. The van der Waals surface area contributed by atoms with E-state index in [0.29, 0.717) is 24.7 Å². The second-order valence-electron chi connectivity index (χ2n) is 10.8. The highest BCUT2D eigenvalue weighted by atomic mass is 19.4. The Hall–Kier alpha value is -3.83. The first-order valence-corrected chi connectivity index (χ1v) is 12.8. The first-order chi connectivity index (χ1) is 18.6. The molecule has 218 valence electrons. The summed E-state index contributed by atoms with van der Waals surface area (Å²) >= 11 is 0. The van der Waals surface area contributed by atoms with E-state index in [2.05, 4.69) is 10.6 Å². The van der Waals surface area contributed by atoms with Gasteiger partial charge < -0.3 is 25.2 Å². The van der Waals surface area contributed by atoms with Crippen molar-refractivity contribution in [3.05, 3.63) is 65.0 Å². The molecule has 0 aromatic heterocycles. The third-order valence-electron chi connectivity index (χ3n) is 6.06. The van der Waals surface area contributed by atoms with Gasteiger partial charge in [-0.15, -0.1) is 0 Å². The highest BCUT2D eigenvalue weighted by Gasteiger charge is 2.32. The van der Waals surface area contributed by atoms with Gasteiger partial charge in [-0.2, -0.15) is 13.2 Å². The summed E-state index contributed by atoms with van der Waals surface area (Å²) in [6.07, 6.45) is -4.74. The third-order valence-corrected chi connectivity index (χ3v) is 6.06. The Balaban J connectivity index is 1.64. The number of carbonyl (C=O) groups excluding carboxylic acids is 3. The number of hydrogen-bond acceptors (Lipinski definition) is 5. The minimum Gasteiger partial charge on any atom is -0.444 e. The Bertz CT molecular complexity index is 1230. The highest BCUT2D eigenvalue weighted by Crippen LogP contribution is 2.30. The molecule has 0 bridgehead atoms. The third kappa shape index (κ3) is 9.42. The van der Waals surface area contributed by atoms with Crippen molar-refractivity contribution in [1.29, 1.82) is 0 Å². The zero-order valence-electron chi connectivity index (χ0n) is 22.9. The number of rotatable bonds is 8. The Morgan fingerprint density at radius 2 is 1.80 bits per heavy atom. The molecule has 8 nitrogen and oxygen atoms in total. The molecule has 1 atom stereocenters. The van der Waals surface area contributed by atoms with Crippen LogP contribution in [-0.2, 0) is 27.0 Å². The lowest BCUT2D eigenvalue weighted by Crippen LogP contribution is -2.45. The van der Waals surface area contributed by atoms with Crippen molar-refractivity contribution in [1.82, 2.24) is 15.5 Å². The largest absolute Gasteiger partial charge is 0.444 e. The molecule has 1 aliphatic heterocycles. The number of carbonyl (C=O) groups is 3. The fraction of sp³-hybridized carbons (Fsp3) is 0.464. The number of hydrogen-bond donors (Lipinski definition) is 2. The van der Waals surface area contributed by atoms with E-state index in [1.54, 1.807) is 48.8 Å². The average Bonchev–Trinajstić information content (AvgIpc) is 3.28. The van der Waals surface area contributed by atoms with Crippen LogP contribution in [0, 0.1) is 12.7 Å². The lowest BCUT2D eigenvalue weighted by molar-refractivity contribution is -0.137. The lowest BCUT2D eigenvalue weighted by Gasteiger charge is -2.27. The number of benzene rings is 2. The first kappa shape index (κ1) is 30.7. The molecule has 1 aliphatic rings. The predicted octanol–water partition coefficient (Wildman–Crippen LogP) is 4.40. The summed E-state index contributed by atoms with van der Waals surface area (Å²) in [5, 5.41) is 5.27. The van der Waals surface area contributed by atoms with E-state index in [9.17, 15) is 31.9 Å². The second-order valence-corrected chi connectivity index (χ2v) is 10.8. The normalized spacial score (nSPS) is 15.5. The maximum Gasteiger partial charge on any atom is 0.416 e. The summed E-state index contributed by atoms with van der Waals surface area (Å²) in [5.74, 6) is -1.88. The van der Waals surface area contributed by atoms with Gasteiger partial charge in [-0.1, -0.05) is 12.1 Å². The van der Waals surface area contributed by atoms with Gasteiger partial charge in [0, 0.05) is 25.3 Å². The fourth-order valence-electron chi connectivity index (χ4n) is 4.25. The van der Waals surface area contributed by atoms with Crippen LogP contribution in [0.5, 0.6) is 0 Å². The van der Waals surface area contributed by atoms with E-state index in [0.717, 1.165) is 17.7 Å². The molecule has 1 saturated heterocycles. The summed E-state index contributed by atoms with van der Waals surface area (Å²) in [4.78, 5) is 41.2. The van der Waals surface area contributed by atoms with Crippen molar-refractivity contribution < 1.29 is 36.7 Å². The van der Waals surface area contributed by atoms with Crippen molar-refractivity contribution in [2.75, 3.05) is 31.1 Å². The van der Waals surface area contributed by atoms with Crippen LogP contribution >= 0.6 is 0 Å². The van der Waals surface area contributed by atoms with Crippen LogP contribution in [0.25, 0.3) is 0 Å². The Morgan fingerprint density at radius 1 is 1.07 bits per heavy atom. The molecular formula is C28H34F4N4O4. The lowest BCUT2D eigenvalue weighted by atomic mass is 10.1. The van der Waals surface area contributed by atoms with E-state index in [1.807, 2.05) is 13.0 Å². The predicted molar refractivity (Wildman–Crippen MR) is 141 cm³/mol. The van der Waals surface area contributed by atoms with E-state index < -0.39 is 35.2 Å². The van der Waals surface area contributed by atoms with E-state index >= 15 is 0 Å². The van der Waals surface area contributed by atoms with E-state index in [-0.39, 0.29) is 43.7 Å². The van der Waals surface area contributed by atoms with Crippen LogP contribution in [0.15, 0.2) is 42.5 Å². The van der Waals surface area contributed by atoms with Crippen LogP contribution in [-0.4, -0.2) is 60.6 Å². The van der Waals surface area contributed by atoms with Gasteiger partial charge in [-0.3, -0.25) is 9.59 Å². The maximum absolute atomic E-state index is 13.7. The van der Waals surface area contributed by atoms with Gasteiger partial charge in [0.2, 0.25) is 11.8 Å². The molecule has 2 N–H and O–H groups in total.